The van der Waals surface area contributed by atoms with Gasteiger partial charge in [-0.1, -0.05) is 6.92 Å². The van der Waals surface area contributed by atoms with Gasteiger partial charge in [-0.2, -0.15) is 5.10 Å². The molecule has 28 heavy (non-hydrogen) atoms. The van der Waals surface area contributed by atoms with Gasteiger partial charge in [0.2, 0.25) is 6.41 Å². The summed E-state index contributed by atoms with van der Waals surface area (Å²) in [6.45, 7) is 3.01. The zero-order valence-corrected chi connectivity index (χ0v) is 15.7. The lowest BCUT2D eigenvalue weighted by molar-refractivity contribution is -0.119. The predicted octanol–water partition coefficient (Wildman–Crippen LogP) is 2.52. The van der Waals surface area contributed by atoms with Crippen molar-refractivity contribution in [3.05, 3.63) is 24.0 Å². The molecule has 0 saturated carbocycles. The van der Waals surface area contributed by atoms with Gasteiger partial charge in [0.15, 0.2) is 0 Å². The average molecular weight is 390 g/mol. The first kappa shape index (κ1) is 19.8. The lowest BCUT2D eigenvalue weighted by atomic mass is 10.1. The van der Waals surface area contributed by atoms with Crippen molar-refractivity contribution in [2.75, 3.05) is 29.4 Å². The molecule has 1 aromatic rings. The van der Waals surface area contributed by atoms with Gasteiger partial charge in [0, 0.05) is 19.4 Å². The number of benzene rings is 1. The van der Waals surface area contributed by atoms with Gasteiger partial charge in [-0.05, 0) is 31.0 Å². The predicted molar refractivity (Wildman–Crippen MR) is 102 cm³/mol. The Morgan fingerprint density at radius 2 is 2.18 bits per heavy atom. The maximum absolute atomic E-state index is 14.6. The second-order valence-electron chi connectivity index (χ2n) is 6.77. The van der Waals surface area contributed by atoms with Crippen LogP contribution in [0.3, 0.4) is 0 Å². The fraction of sp³-hybridized carbons (Fsp3) is 0.474. The molecule has 2 heterocycles. The molecule has 2 aliphatic heterocycles. The van der Waals surface area contributed by atoms with Crippen LogP contribution >= 0.6 is 0 Å². The molecule has 0 spiro atoms. The zero-order chi connectivity index (χ0) is 20.1. The summed E-state index contributed by atoms with van der Waals surface area (Å²) in [6.07, 6.45) is 3.26. The minimum absolute atomic E-state index is 0.156. The standard InChI is InChI=1S/C19H23FN4O4/c1-2-3-15(26)5-6-16-11-24(19(27)28-16)14-4-7-18(17(20)10-14)22-8-9-23(13-25)21-12-22/h4,7,10,12-13,16H,2-3,5-6,8-9,11H2,1H3/t16-/m0/s1. The molecule has 0 unspecified atom stereocenters. The smallest absolute Gasteiger partial charge is 0.414 e. The third-order valence-corrected chi connectivity index (χ3v) is 4.73. The molecule has 9 heteroatoms. The van der Waals surface area contributed by atoms with Crippen molar-refractivity contribution in [3.63, 3.8) is 0 Å². The molecule has 8 nitrogen and oxygen atoms in total. The molecule has 1 aromatic carbocycles. The zero-order valence-electron chi connectivity index (χ0n) is 15.7. The largest absolute Gasteiger partial charge is 0.444 e. The van der Waals surface area contributed by atoms with E-state index < -0.39 is 11.9 Å². The summed E-state index contributed by atoms with van der Waals surface area (Å²) >= 11 is 0. The number of nitrogens with zero attached hydrogens (tertiary/aromatic N) is 4. The summed E-state index contributed by atoms with van der Waals surface area (Å²) in [4.78, 5) is 37.5. The molecule has 3 rings (SSSR count). The van der Waals surface area contributed by atoms with Crippen LogP contribution in [0.5, 0.6) is 0 Å². The fourth-order valence-corrected chi connectivity index (χ4v) is 3.22. The molecule has 2 aliphatic rings. The molecule has 0 radical (unpaired) electrons. The Kier molecular flexibility index (Phi) is 6.23. The Labute approximate surface area is 162 Å². The van der Waals surface area contributed by atoms with Gasteiger partial charge in [0.25, 0.3) is 0 Å². The van der Waals surface area contributed by atoms with Crippen molar-refractivity contribution in [1.82, 2.24) is 5.01 Å². The van der Waals surface area contributed by atoms with Crippen LogP contribution < -0.4 is 9.80 Å². The number of carbonyl (C=O) groups excluding carboxylic acids is 3. The molecule has 2 amide bonds. The number of amides is 2. The highest BCUT2D eigenvalue weighted by Gasteiger charge is 2.33. The van der Waals surface area contributed by atoms with Crippen LogP contribution in [-0.4, -0.2) is 55.4 Å². The Balaban J connectivity index is 1.64. The summed E-state index contributed by atoms with van der Waals surface area (Å²) in [7, 11) is 0. The first-order valence-corrected chi connectivity index (χ1v) is 9.34. The van der Waals surface area contributed by atoms with E-state index >= 15 is 0 Å². The minimum atomic E-state index is -0.541. The van der Waals surface area contributed by atoms with Crippen molar-refractivity contribution in [2.24, 2.45) is 5.10 Å². The van der Waals surface area contributed by atoms with E-state index in [-0.39, 0.29) is 18.4 Å². The van der Waals surface area contributed by atoms with Crippen molar-refractivity contribution >= 4 is 36.0 Å². The lowest BCUT2D eigenvalue weighted by Crippen LogP contribution is -2.37. The lowest BCUT2D eigenvalue weighted by Gasteiger charge is -2.27. The Morgan fingerprint density at radius 1 is 1.36 bits per heavy atom. The van der Waals surface area contributed by atoms with Crippen LogP contribution in [0.2, 0.25) is 0 Å². The number of ketones is 1. The number of anilines is 2. The number of cyclic esters (lactones) is 1. The summed E-state index contributed by atoms with van der Waals surface area (Å²) in [6, 6.07) is 4.49. The van der Waals surface area contributed by atoms with Crippen molar-refractivity contribution in [3.8, 4) is 0 Å². The van der Waals surface area contributed by atoms with Crippen LogP contribution in [0.1, 0.15) is 32.6 Å². The molecule has 0 aromatic heterocycles. The third kappa shape index (κ3) is 4.47. The van der Waals surface area contributed by atoms with E-state index in [0.29, 0.717) is 50.1 Å². The minimum Gasteiger partial charge on any atom is -0.444 e. The quantitative estimate of drug-likeness (QED) is 0.637. The van der Waals surface area contributed by atoms with Crippen LogP contribution in [0, 0.1) is 5.82 Å². The van der Waals surface area contributed by atoms with Crippen LogP contribution in [-0.2, 0) is 14.3 Å². The number of hydrogen-bond donors (Lipinski definition) is 0. The summed E-state index contributed by atoms with van der Waals surface area (Å²) in [5, 5.41) is 5.13. The fourth-order valence-electron chi connectivity index (χ4n) is 3.22. The number of carbonyl (C=O) groups is 3. The summed E-state index contributed by atoms with van der Waals surface area (Å²) < 4.78 is 19.9. The maximum atomic E-state index is 14.6. The van der Waals surface area contributed by atoms with Gasteiger partial charge in [0.1, 0.15) is 24.0 Å². The van der Waals surface area contributed by atoms with Crippen molar-refractivity contribution < 1.29 is 23.5 Å². The monoisotopic (exact) mass is 390 g/mol. The van der Waals surface area contributed by atoms with Crippen molar-refractivity contribution in [1.29, 1.82) is 0 Å². The average Bonchev–Trinajstić information content (AvgIpc) is 3.07. The Bertz CT molecular complexity index is 785. The van der Waals surface area contributed by atoms with Gasteiger partial charge >= 0.3 is 6.09 Å². The molecular weight excluding hydrogens is 367 g/mol. The molecule has 150 valence electrons. The van der Waals surface area contributed by atoms with Gasteiger partial charge < -0.3 is 9.64 Å². The highest BCUT2D eigenvalue weighted by atomic mass is 19.1. The van der Waals surface area contributed by atoms with E-state index in [9.17, 15) is 18.8 Å². The molecule has 0 N–H and O–H groups in total. The first-order valence-electron chi connectivity index (χ1n) is 9.34. The molecule has 1 fully saturated rings. The van der Waals surface area contributed by atoms with Gasteiger partial charge in [-0.15, -0.1) is 0 Å². The van der Waals surface area contributed by atoms with E-state index in [1.54, 1.807) is 17.0 Å². The summed E-state index contributed by atoms with van der Waals surface area (Å²) in [5.74, 6) is -0.346. The number of hydrazone groups is 1. The molecule has 0 bridgehead atoms. The van der Waals surface area contributed by atoms with E-state index in [1.807, 2.05) is 6.92 Å². The van der Waals surface area contributed by atoms with E-state index in [4.69, 9.17) is 4.74 Å². The maximum Gasteiger partial charge on any atom is 0.414 e. The number of rotatable bonds is 8. The molecular formula is C19H23FN4O4. The molecule has 0 aliphatic carbocycles. The third-order valence-electron chi connectivity index (χ3n) is 4.73. The topological polar surface area (TPSA) is 82.5 Å². The summed E-state index contributed by atoms with van der Waals surface area (Å²) in [5.41, 5.74) is 0.712. The number of ether oxygens (including phenoxy) is 1. The Morgan fingerprint density at radius 3 is 2.82 bits per heavy atom. The van der Waals surface area contributed by atoms with Gasteiger partial charge in [-0.25, -0.2) is 14.2 Å². The molecule has 1 atom stereocenters. The van der Waals surface area contributed by atoms with Gasteiger partial charge in [-0.3, -0.25) is 14.5 Å². The highest BCUT2D eigenvalue weighted by Crippen LogP contribution is 2.29. The first-order chi connectivity index (χ1) is 13.5. The number of Topliss-reactive ketones (excluding diaryl/α,β-unsaturated/α-hetero) is 1. The normalized spacial score (nSPS) is 19.1. The number of hydrogen-bond acceptors (Lipinski definition) is 6. The van der Waals surface area contributed by atoms with Crippen LogP contribution in [0.15, 0.2) is 23.3 Å². The van der Waals surface area contributed by atoms with E-state index in [0.717, 1.165) is 6.42 Å². The number of halogens is 1. The van der Waals surface area contributed by atoms with Crippen LogP contribution in [0.25, 0.3) is 0 Å². The van der Waals surface area contributed by atoms with Crippen molar-refractivity contribution in [2.45, 2.75) is 38.7 Å². The highest BCUT2D eigenvalue weighted by molar-refractivity contribution is 5.90. The second kappa shape index (κ2) is 8.81. The van der Waals surface area contributed by atoms with Crippen LogP contribution in [0.4, 0.5) is 20.6 Å². The molecule has 1 saturated heterocycles. The van der Waals surface area contributed by atoms with E-state index in [2.05, 4.69) is 5.10 Å². The van der Waals surface area contributed by atoms with Gasteiger partial charge in [0.05, 0.1) is 24.5 Å². The van der Waals surface area contributed by atoms with E-state index in [1.165, 1.54) is 22.3 Å². The second-order valence-corrected chi connectivity index (χ2v) is 6.77. The Hall–Kier alpha value is -2.97. The SMILES string of the molecule is CCCC(=O)CC[C@H]1CN(c2ccc(N3C=NN(C=O)CC3)c(F)c2)C(=O)O1.